The minimum atomic E-state index is 0.703. The highest BCUT2D eigenvalue weighted by molar-refractivity contribution is 5.36. The first-order valence-electron chi connectivity index (χ1n) is 4.29. The number of nitrogen functional groups attached to an aromatic ring is 1. The number of aromatic nitrogens is 2. The molecule has 2 rings (SSSR count). The highest BCUT2D eigenvalue weighted by Gasteiger charge is 2.23. The van der Waals surface area contributed by atoms with Gasteiger partial charge in [0.1, 0.15) is 5.82 Å². The first kappa shape index (κ1) is 7.61. The lowest BCUT2D eigenvalue weighted by Crippen LogP contribution is -2.44. The van der Waals surface area contributed by atoms with E-state index in [1.165, 1.54) is 13.0 Å². The van der Waals surface area contributed by atoms with Crippen molar-refractivity contribution < 1.29 is 0 Å². The monoisotopic (exact) mass is 166 g/mol. The van der Waals surface area contributed by atoms with Crippen molar-refractivity contribution in [1.29, 1.82) is 0 Å². The summed E-state index contributed by atoms with van der Waals surface area (Å²) in [4.78, 5) is 2.39. The van der Waals surface area contributed by atoms with E-state index in [1.807, 2.05) is 0 Å². The maximum atomic E-state index is 5.67. The molecule has 0 spiro atoms. The average Bonchev–Trinajstić information content (AvgIpc) is 2.44. The van der Waals surface area contributed by atoms with Gasteiger partial charge in [0, 0.05) is 24.7 Å². The molecule has 2 heterocycles. The van der Waals surface area contributed by atoms with Gasteiger partial charge in [0.25, 0.3) is 0 Å². The van der Waals surface area contributed by atoms with E-state index in [0.29, 0.717) is 11.9 Å². The van der Waals surface area contributed by atoms with Crippen molar-refractivity contribution >= 4 is 5.82 Å². The lowest BCUT2D eigenvalue weighted by atomic mass is 10.0. The molecule has 66 valence electrons. The highest BCUT2D eigenvalue weighted by Crippen LogP contribution is 2.20. The maximum absolute atomic E-state index is 5.67. The summed E-state index contributed by atoms with van der Waals surface area (Å²) >= 11 is 0. The quantitative estimate of drug-likeness (QED) is 0.676. The number of nitrogens with one attached hydrogen (secondary N) is 1. The number of anilines is 1. The zero-order chi connectivity index (χ0) is 8.55. The van der Waals surface area contributed by atoms with Gasteiger partial charge in [-0.25, -0.2) is 0 Å². The first-order chi connectivity index (χ1) is 5.77. The van der Waals surface area contributed by atoms with Crippen LogP contribution in [0.15, 0.2) is 6.20 Å². The van der Waals surface area contributed by atoms with Crippen LogP contribution in [0.2, 0.25) is 0 Å². The smallest absolute Gasteiger partial charge is 0.123 e. The molecule has 4 heteroatoms. The SMILES string of the molecule is CC1CCN1Cc1cn[nH]c1N. The number of hydrogen-bond acceptors (Lipinski definition) is 3. The van der Waals surface area contributed by atoms with Crippen LogP contribution in [0.1, 0.15) is 18.9 Å². The molecule has 1 saturated heterocycles. The van der Waals surface area contributed by atoms with Crippen LogP contribution in [0.3, 0.4) is 0 Å². The van der Waals surface area contributed by atoms with E-state index in [0.717, 1.165) is 12.1 Å². The summed E-state index contributed by atoms with van der Waals surface area (Å²) in [5, 5.41) is 6.62. The molecule has 3 N–H and O–H groups in total. The molecule has 12 heavy (non-hydrogen) atoms. The summed E-state index contributed by atoms with van der Waals surface area (Å²) in [5.41, 5.74) is 6.78. The summed E-state index contributed by atoms with van der Waals surface area (Å²) in [6.45, 7) is 4.36. The van der Waals surface area contributed by atoms with Gasteiger partial charge in [0.05, 0.1) is 6.20 Å². The van der Waals surface area contributed by atoms with Crippen molar-refractivity contribution in [3.05, 3.63) is 11.8 Å². The summed E-state index contributed by atoms with van der Waals surface area (Å²) in [7, 11) is 0. The van der Waals surface area contributed by atoms with Gasteiger partial charge in [0.2, 0.25) is 0 Å². The molecule has 0 amide bonds. The molecule has 1 unspecified atom stereocenters. The Kier molecular flexibility index (Phi) is 1.77. The molecule has 0 saturated carbocycles. The Balaban J connectivity index is 1.99. The summed E-state index contributed by atoms with van der Waals surface area (Å²) < 4.78 is 0. The zero-order valence-electron chi connectivity index (χ0n) is 7.25. The molecule has 1 atom stereocenters. The van der Waals surface area contributed by atoms with Crippen LogP contribution in [-0.4, -0.2) is 27.7 Å². The normalized spacial score (nSPS) is 23.9. The Morgan fingerprint density at radius 3 is 3.08 bits per heavy atom. The van der Waals surface area contributed by atoms with Crippen LogP contribution in [0.4, 0.5) is 5.82 Å². The van der Waals surface area contributed by atoms with Crippen molar-refractivity contribution in [1.82, 2.24) is 15.1 Å². The van der Waals surface area contributed by atoms with Crippen molar-refractivity contribution in [3.63, 3.8) is 0 Å². The van der Waals surface area contributed by atoms with Crippen molar-refractivity contribution in [3.8, 4) is 0 Å². The third-order valence-electron chi connectivity index (χ3n) is 2.58. The van der Waals surface area contributed by atoms with Crippen molar-refractivity contribution in [2.45, 2.75) is 25.9 Å². The lowest BCUT2D eigenvalue weighted by Gasteiger charge is -2.38. The topological polar surface area (TPSA) is 57.9 Å². The maximum Gasteiger partial charge on any atom is 0.123 e. The lowest BCUT2D eigenvalue weighted by molar-refractivity contribution is 0.0962. The van der Waals surface area contributed by atoms with Crippen LogP contribution in [-0.2, 0) is 6.54 Å². The third kappa shape index (κ3) is 1.18. The van der Waals surface area contributed by atoms with Crippen LogP contribution in [0.25, 0.3) is 0 Å². The molecule has 0 aliphatic carbocycles. The second-order valence-electron chi connectivity index (χ2n) is 3.42. The van der Waals surface area contributed by atoms with Crippen LogP contribution < -0.4 is 5.73 Å². The standard InChI is InChI=1S/C8H14N4/c1-6-2-3-12(6)5-7-4-10-11-8(7)9/h4,6H,2-3,5H2,1H3,(H3,9,10,11). The van der Waals surface area contributed by atoms with E-state index < -0.39 is 0 Å². The number of hydrogen-bond donors (Lipinski definition) is 2. The zero-order valence-corrected chi connectivity index (χ0v) is 7.25. The number of rotatable bonds is 2. The second-order valence-corrected chi connectivity index (χ2v) is 3.42. The van der Waals surface area contributed by atoms with Crippen molar-refractivity contribution in [2.75, 3.05) is 12.3 Å². The Bertz CT molecular complexity index is 268. The second kappa shape index (κ2) is 2.79. The minimum Gasteiger partial charge on any atom is -0.384 e. The van der Waals surface area contributed by atoms with Crippen molar-refractivity contribution in [2.24, 2.45) is 0 Å². The van der Waals surface area contributed by atoms with E-state index in [2.05, 4.69) is 22.0 Å². The van der Waals surface area contributed by atoms with Crippen LogP contribution >= 0.6 is 0 Å². The summed E-state index contributed by atoms with van der Waals surface area (Å²) in [6, 6.07) is 0.708. The Morgan fingerprint density at radius 2 is 2.67 bits per heavy atom. The predicted octanol–water partition coefficient (Wildman–Crippen LogP) is 0.586. The van der Waals surface area contributed by atoms with Gasteiger partial charge in [-0.2, -0.15) is 5.10 Å². The molecule has 0 radical (unpaired) electrons. The fourth-order valence-corrected chi connectivity index (χ4v) is 1.47. The highest BCUT2D eigenvalue weighted by atomic mass is 15.2. The fourth-order valence-electron chi connectivity index (χ4n) is 1.47. The van der Waals surface area contributed by atoms with E-state index in [9.17, 15) is 0 Å². The Hall–Kier alpha value is -1.03. The Morgan fingerprint density at radius 1 is 1.83 bits per heavy atom. The van der Waals surface area contributed by atoms with E-state index in [4.69, 9.17) is 5.73 Å². The Labute approximate surface area is 71.7 Å². The van der Waals surface area contributed by atoms with E-state index in [1.54, 1.807) is 6.20 Å². The number of likely N-dealkylation sites (tertiary alicyclic amines) is 1. The van der Waals surface area contributed by atoms with Gasteiger partial charge in [-0.3, -0.25) is 10.00 Å². The molecular formula is C8H14N4. The molecular weight excluding hydrogens is 152 g/mol. The van der Waals surface area contributed by atoms with Crippen LogP contribution in [0.5, 0.6) is 0 Å². The number of nitrogens with two attached hydrogens (primary N) is 1. The van der Waals surface area contributed by atoms with Gasteiger partial charge >= 0.3 is 0 Å². The fraction of sp³-hybridized carbons (Fsp3) is 0.625. The minimum absolute atomic E-state index is 0.703. The summed E-state index contributed by atoms with van der Waals surface area (Å²) in [5.74, 6) is 0.703. The van der Waals surface area contributed by atoms with Gasteiger partial charge in [-0.1, -0.05) is 0 Å². The van der Waals surface area contributed by atoms with Crippen LogP contribution in [0, 0.1) is 0 Å². The molecule has 1 aromatic heterocycles. The number of aromatic amines is 1. The largest absolute Gasteiger partial charge is 0.384 e. The van der Waals surface area contributed by atoms with E-state index in [-0.39, 0.29) is 0 Å². The van der Waals surface area contributed by atoms with Gasteiger partial charge in [0.15, 0.2) is 0 Å². The molecule has 1 aromatic rings. The van der Waals surface area contributed by atoms with Gasteiger partial charge in [-0.05, 0) is 13.3 Å². The molecule has 1 fully saturated rings. The first-order valence-corrected chi connectivity index (χ1v) is 4.29. The molecule has 4 nitrogen and oxygen atoms in total. The van der Waals surface area contributed by atoms with Gasteiger partial charge in [-0.15, -0.1) is 0 Å². The number of H-pyrrole nitrogens is 1. The average molecular weight is 166 g/mol. The molecule has 0 aromatic carbocycles. The molecule has 0 bridgehead atoms. The van der Waals surface area contributed by atoms with Gasteiger partial charge < -0.3 is 5.73 Å². The molecule has 1 aliphatic rings. The van der Waals surface area contributed by atoms with E-state index >= 15 is 0 Å². The summed E-state index contributed by atoms with van der Waals surface area (Å²) in [6.07, 6.45) is 3.11. The predicted molar refractivity (Wildman–Crippen MR) is 47.5 cm³/mol. The third-order valence-corrected chi connectivity index (χ3v) is 2.58. The molecule has 1 aliphatic heterocycles. The number of nitrogens with zero attached hydrogens (tertiary/aromatic N) is 2.